The Morgan fingerprint density at radius 1 is 1.29 bits per heavy atom. The molecule has 0 bridgehead atoms. The van der Waals surface area contributed by atoms with Crippen LogP contribution in [0.4, 0.5) is 0 Å². The SMILES string of the molecule is CC1C=C(C(=O)O)N2C(=O)C(NC(=O)C(O)c3ccccc3)[C@H]2S1. The molecule has 2 amide bonds. The summed E-state index contributed by atoms with van der Waals surface area (Å²) < 4.78 is 0. The minimum atomic E-state index is -1.38. The Bertz CT molecular complexity index is 720. The number of β-lactam (4-membered cyclic amide) rings is 1. The van der Waals surface area contributed by atoms with Gasteiger partial charge in [0.1, 0.15) is 17.1 Å². The zero-order valence-corrected chi connectivity index (χ0v) is 13.6. The van der Waals surface area contributed by atoms with E-state index < -0.39 is 35.3 Å². The Hall–Kier alpha value is -2.32. The number of hydrogen-bond acceptors (Lipinski definition) is 5. The monoisotopic (exact) mass is 348 g/mol. The first-order valence-corrected chi connectivity index (χ1v) is 8.31. The molecule has 4 atom stereocenters. The van der Waals surface area contributed by atoms with E-state index >= 15 is 0 Å². The van der Waals surface area contributed by atoms with Gasteiger partial charge in [0.05, 0.1) is 0 Å². The summed E-state index contributed by atoms with van der Waals surface area (Å²) in [6, 6.07) is 7.55. The number of carboxylic acids is 1. The van der Waals surface area contributed by atoms with Crippen LogP contribution in [0.1, 0.15) is 18.6 Å². The highest BCUT2D eigenvalue weighted by Gasteiger charge is 2.54. The standard InChI is InChI=1S/C16H16N2O5S/c1-8-7-10(16(22)23)18-14(21)11(15(18)24-8)17-13(20)12(19)9-5-3-2-4-6-9/h2-8,11-12,15,19H,1H3,(H,17,20)(H,22,23)/t8?,11?,12?,15-/m1/s1. The number of aliphatic hydroxyl groups is 1. The summed E-state index contributed by atoms with van der Waals surface area (Å²) in [5.74, 6) is -2.34. The molecule has 0 aliphatic carbocycles. The van der Waals surface area contributed by atoms with Gasteiger partial charge in [0.2, 0.25) is 0 Å². The van der Waals surface area contributed by atoms with Crippen LogP contribution in [0.5, 0.6) is 0 Å². The van der Waals surface area contributed by atoms with Gasteiger partial charge in [-0.2, -0.15) is 0 Å². The molecule has 1 aromatic rings. The summed E-state index contributed by atoms with van der Waals surface area (Å²) in [7, 11) is 0. The molecule has 7 nitrogen and oxygen atoms in total. The fourth-order valence-electron chi connectivity index (χ4n) is 2.75. The second kappa shape index (κ2) is 6.29. The second-order valence-electron chi connectivity index (χ2n) is 5.60. The summed E-state index contributed by atoms with van der Waals surface area (Å²) >= 11 is 1.39. The van der Waals surface area contributed by atoms with E-state index in [-0.39, 0.29) is 10.9 Å². The van der Waals surface area contributed by atoms with E-state index in [9.17, 15) is 24.6 Å². The normalized spacial score (nSPS) is 26.8. The summed E-state index contributed by atoms with van der Waals surface area (Å²) in [6.07, 6.45) is 0.131. The Kier molecular flexibility index (Phi) is 4.33. The number of nitrogens with zero attached hydrogens (tertiary/aromatic N) is 1. The largest absolute Gasteiger partial charge is 0.477 e. The molecule has 24 heavy (non-hydrogen) atoms. The molecule has 126 valence electrons. The van der Waals surface area contributed by atoms with Gasteiger partial charge < -0.3 is 15.5 Å². The molecule has 0 spiro atoms. The van der Waals surface area contributed by atoms with Crippen molar-refractivity contribution in [1.29, 1.82) is 0 Å². The number of fused-ring (bicyclic) bond motifs is 1. The third-order valence-corrected chi connectivity index (χ3v) is 5.26. The van der Waals surface area contributed by atoms with Crippen LogP contribution < -0.4 is 5.32 Å². The molecular weight excluding hydrogens is 332 g/mol. The third-order valence-electron chi connectivity index (χ3n) is 3.93. The van der Waals surface area contributed by atoms with Crippen LogP contribution in [-0.4, -0.2) is 49.6 Å². The number of aliphatic carboxylic acids is 1. The van der Waals surface area contributed by atoms with E-state index in [2.05, 4.69) is 5.32 Å². The predicted molar refractivity (Wildman–Crippen MR) is 86.7 cm³/mol. The van der Waals surface area contributed by atoms with E-state index in [0.29, 0.717) is 5.56 Å². The number of carbonyl (C=O) groups excluding carboxylic acids is 2. The fourth-order valence-corrected chi connectivity index (χ4v) is 4.08. The molecule has 0 aromatic heterocycles. The Morgan fingerprint density at radius 2 is 1.96 bits per heavy atom. The average Bonchev–Trinajstić information content (AvgIpc) is 2.58. The van der Waals surface area contributed by atoms with E-state index in [4.69, 9.17) is 0 Å². The lowest BCUT2D eigenvalue weighted by atomic mass is 10.0. The lowest BCUT2D eigenvalue weighted by Gasteiger charge is -2.49. The van der Waals surface area contributed by atoms with Crippen LogP contribution in [0.25, 0.3) is 0 Å². The molecule has 3 N–H and O–H groups in total. The number of benzene rings is 1. The molecule has 1 fully saturated rings. The molecule has 2 aliphatic rings. The molecule has 3 unspecified atom stereocenters. The molecule has 8 heteroatoms. The Morgan fingerprint density at radius 3 is 2.58 bits per heavy atom. The molecule has 1 saturated heterocycles. The topological polar surface area (TPSA) is 107 Å². The maximum Gasteiger partial charge on any atom is 0.352 e. The average molecular weight is 348 g/mol. The van der Waals surface area contributed by atoms with Crippen LogP contribution in [0.2, 0.25) is 0 Å². The van der Waals surface area contributed by atoms with Gasteiger partial charge in [-0.05, 0) is 18.6 Å². The van der Waals surface area contributed by atoms with Gasteiger partial charge in [-0.25, -0.2) is 4.79 Å². The second-order valence-corrected chi connectivity index (χ2v) is 7.10. The highest BCUT2D eigenvalue weighted by molar-refractivity contribution is 8.00. The number of hydrogen-bond donors (Lipinski definition) is 3. The van der Waals surface area contributed by atoms with E-state index in [1.807, 2.05) is 6.92 Å². The molecule has 2 heterocycles. The van der Waals surface area contributed by atoms with Crippen molar-refractivity contribution in [2.24, 2.45) is 0 Å². The summed E-state index contributed by atoms with van der Waals surface area (Å²) in [5, 5.41) is 21.2. The summed E-state index contributed by atoms with van der Waals surface area (Å²) in [4.78, 5) is 36.8. The molecule has 1 aromatic carbocycles. The lowest BCUT2D eigenvalue weighted by molar-refractivity contribution is -0.151. The molecule has 3 rings (SSSR count). The first kappa shape index (κ1) is 16.5. The zero-order chi connectivity index (χ0) is 17.4. The van der Waals surface area contributed by atoms with E-state index in [1.165, 1.54) is 22.7 Å². The minimum absolute atomic E-state index is 0.0645. The highest BCUT2D eigenvalue weighted by atomic mass is 32.2. The van der Waals surface area contributed by atoms with Crippen LogP contribution in [0.15, 0.2) is 42.1 Å². The number of amides is 2. The van der Waals surface area contributed by atoms with Crippen molar-refractivity contribution in [3.8, 4) is 0 Å². The first-order valence-electron chi connectivity index (χ1n) is 7.37. The van der Waals surface area contributed by atoms with Gasteiger partial charge in [0.15, 0.2) is 6.10 Å². The minimum Gasteiger partial charge on any atom is -0.477 e. The van der Waals surface area contributed by atoms with Crippen molar-refractivity contribution in [2.75, 3.05) is 0 Å². The molecule has 0 saturated carbocycles. The van der Waals surface area contributed by atoms with Crippen molar-refractivity contribution in [3.05, 3.63) is 47.7 Å². The van der Waals surface area contributed by atoms with Crippen LogP contribution in [0.3, 0.4) is 0 Å². The van der Waals surface area contributed by atoms with Crippen molar-refractivity contribution in [2.45, 2.75) is 29.7 Å². The van der Waals surface area contributed by atoms with Gasteiger partial charge in [-0.1, -0.05) is 30.3 Å². The maximum absolute atomic E-state index is 12.2. The van der Waals surface area contributed by atoms with Crippen molar-refractivity contribution >= 4 is 29.5 Å². The Labute approximate surface area is 142 Å². The first-order chi connectivity index (χ1) is 11.4. The molecule has 0 radical (unpaired) electrons. The van der Waals surface area contributed by atoms with Gasteiger partial charge in [0, 0.05) is 5.25 Å². The van der Waals surface area contributed by atoms with E-state index in [0.717, 1.165) is 0 Å². The van der Waals surface area contributed by atoms with Crippen molar-refractivity contribution < 1.29 is 24.6 Å². The summed E-state index contributed by atoms with van der Waals surface area (Å²) in [6.45, 7) is 1.82. The van der Waals surface area contributed by atoms with Crippen molar-refractivity contribution in [1.82, 2.24) is 10.2 Å². The Balaban J connectivity index is 1.72. The predicted octanol–water partition coefficient (Wildman–Crippen LogP) is 0.477. The maximum atomic E-state index is 12.2. The van der Waals surface area contributed by atoms with Gasteiger partial charge in [-0.3, -0.25) is 14.5 Å². The number of nitrogens with one attached hydrogen (secondary N) is 1. The zero-order valence-electron chi connectivity index (χ0n) is 12.7. The van der Waals surface area contributed by atoms with Gasteiger partial charge in [-0.15, -0.1) is 11.8 Å². The quantitative estimate of drug-likeness (QED) is 0.683. The van der Waals surface area contributed by atoms with Crippen LogP contribution in [0, 0.1) is 0 Å². The van der Waals surface area contributed by atoms with Crippen LogP contribution >= 0.6 is 11.8 Å². The number of carboxylic acid groups (broad SMARTS) is 1. The number of carbonyl (C=O) groups is 3. The van der Waals surface area contributed by atoms with Gasteiger partial charge >= 0.3 is 5.97 Å². The van der Waals surface area contributed by atoms with E-state index in [1.54, 1.807) is 30.3 Å². The molecular formula is C16H16N2O5S. The van der Waals surface area contributed by atoms with Crippen molar-refractivity contribution in [3.63, 3.8) is 0 Å². The summed E-state index contributed by atoms with van der Waals surface area (Å²) in [5.41, 5.74) is 0.361. The van der Waals surface area contributed by atoms with Gasteiger partial charge in [0.25, 0.3) is 11.8 Å². The number of rotatable bonds is 4. The fraction of sp³-hybridized carbons (Fsp3) is 0.312. The lowest BCUT2D eigenvalue weighted by Crippen LogP contribution is -2.70. The smallest absolute Gasteiger partial charge is 0.352 e. The highest BCUT2D eigenvalue weighted by Crippen LogP contribution is 2.40. The third kappa shape index (κ3) is 2.78. The van der Waals surface area contributed by atoms with Crippen LogP contribution in [-0.2, 0) is 14.4 Å². The number of thioether (sulfide) groups is 1. The molecule has 2 aliphatic heterocycles. The number of aliphatic hydroxyl groups excluding tert-OH is 1.